The lowest BCUT2D eigenvalue weighted by Crippen LogP contribution is -2.38. The van der Waals surface area contributed by atoms with Crippen molar-refractivity contribution in [2.75, 3.05) is 32.7 Å². The Morgan fingerprint density at radius 2 is 1.36 bits per heavy atom. The number of methoxy groups -OCH3 is 1. The first kappa shape index (κ1) is 39.2. The highest BCUT2D eigenvalue weighted by molar-refractivity contribution is 7.85. The molecule has 42 heavy (non-hydrogen) atoms. The number of aliphatic hydroxyl groups is 1. The molecule has 0 radical (unpaired) electrons. The second-order valence-corrected chi connectivity index (χ2v) is 10.8. The molecule has 0 amide bonds. The van der Waals surface area contributed by atoms with Gasteiger partial charge in [0.2, 0.25) is 0 Å². The van der Waals surface area contributed by atoms with E-state index in [9.17, 15) is 52.0 Å². The standard InChI is InChI=1S/C25H40O16S/c1-5-16(3)41-25(33)22(39-9-6-17(27)11-20(37-4)23(30)31)12-18(28)7-8-38-21(10-15(2)26)24(32)40-13-19(29)14-42(34,35)36/h16,19-22,29H,5-14H2,1-4H3,(H,30,31)(H,34,35,36)/p-2. The van der Waals surface area contributed by atoms with Crippen molar-refractivity contribution in [3.8, 4) is 0 Å². The van der Waals surface area contributed by atoms with Crippen LogP contribution in [-0.4, -0.2) is 117 Å². The molecular weight excluding hydrogens is 588 g/mol. The summed E-state index contributed by atoms with van der Waals surface area (Å²) < 4.78 is 57.3. The van der Waals surface area contributed by atoms with E-state index in [4.69, 9.17) is 18.9 Å². The van der Waals surface area contributed by atoms with Crippen LogP contribution in [0.1, 0.15) is 59.3 Å². The quantitative estimate of drug-likeness (QED) is 0.0897. The number of ether oxygens (including phenoxy) is 5. The Labute approximate surface area is 243 Å². The van der Waals surface area contributed by atoms with Crippen LogP contribution in [0.15, 0.2) is 0 Å². The average Bonchev–Trinajstić information content (AvgIpc) is 2.87. The summed E-state index contributed by atoms with van der Waals surface area (Å²) in [6.45, 7) is 2.93. The van der Waals surface area contributed by atoms with E-state index < -0.39 is 114 Å². The number of carboxylic acid groups (broad SMARTS) is 1. The van der Waals surface area contributed by atoms with Gasteiger partial charge in [-0.05, 0) is 20.3 Å². The number of carboxylic acids is 1. The fraction of sp³-hybridized carbons (Fsp3) is 0.760. The molecule has 0 spiro atoms. The highest BCUT2D eigenvalue weighted by atomic mass is 32.2. The van der Waals surface area contributed by atoms with Crippen LogP contribution in [0, 0.1) is 0 Å². The summed E-state index contributed by atoms with van der Waals surface area (Å²) in [6.07, 6.45) is -8.28. The molecule has 5 unspecified atom stereocenters. The maximum absolute atomic E-state index is 12.6. The molecule has 0 aliphatic heterocycles. The van der Waals surface area contributed by atoms with Crippen LogP contribution in [0.25, 0.3) is 0 Å². The normalized spacial score (nSPS) is 15.1. The fourth-order valence-electron chi connectivity index (χ4n) is 3.10. The van der Waals surface area contributed by atoms with E-state index in [1.807, 2.05) is 0 Å². The fourth-order valence-corrected chi connectivity index (χ4v) is 3.67. The third-order valence-electron chi connectivity index (χ3n) is 5.48. The molecule has 0 aromatic carbocycles. The van der Waals surface area contributed by atoms with E-state index >= 15 is 0 Å². The molecule has 242 valence electrons. The predicted octanol–water partition coefficient (Wildman–Crippen LogP) is -2.01. The van der Waals surface area contributed by atoms with E-state index in [1.54, 1.807) is 13.8 Å². The Morgan fingerprint density at radius 1 is 0.857 bits per heavy atom. The number of esters is 2. The van der Waals surface area contributed by atoms with Crippen LogP contribution in [0.2, 0.25) is 0 Å². The number of rotatable bonds is 24. The monoisotopic (exact) mass is 626 g/mol. The van der Waals surface area contributed by atoms with Crippen LogP contribution >= 0.6 is 0 Å². The number of hydrogen-bond donors (Lipinski definition) is 1. The lowest BCUT2D eigenvalue weighted by atomic mass is 10.1. The van der Waals surface area contributed by atoms with Crippen molar-refractivity contribution in [1.29, 1.82) is 0 Å². The second kappa shape index (κ2) is 20.1. The zero-order valence-electron chi connectivity index (χ0n) is 23.9. The Kier molecular flexibility index (Phi) is 18.8. The number of hydrogen-bond acceptors (Lipinski definition) is 16. The SMILES string of the molecule is CCC(C)OC(=O)C(CC(=O)CCOC(CC(C)=O)C(=O)OCC(O)CS(=O)(=O)[O-])OCCC(=O)CC(OC)C(=O)[O-]. The van der Waals surface area contributed by atoms with Crippen LogP contribution in [0.5, 0.6) is 0 Å². The van der Waals surface area contributed by atoms with Crippen molar-refractivity contribution in [2.45, 2.75) is 89.8 Å². The molecule has 0 fully saturated rings. The van der Waals surface area contributed by atoms with E-state index in [-0.39, 0.29) is 19.4 Å². The predicted molar refractivity (Wildman–Crippen MR) is 136 cm³/mol. The maximum atomic E-state index is 12.6. The van der Waals surface area contributed by atoms with Gasteiger partial charge in [0.1, 0.15) is 36.2 Å². The van der Waals surface area contributed by atoms with Crippen molar-refractivity contribution in [2.24, 2.45) is 0 Å². The minimum absolute atomic E-state index is 0.290. The van der Waals surface area contributed by atoms with Gasteiger partial charge in [-0.1, -0.05) is 6.92 Å². The van der Waals surface area contributed by atoms with Gasteiger partial charge in [-0.15, -0.1) is 0 Å². The minimum Gasteiger partial charge on any atom is -0.748 e. The van der Waals surface area contributed by atoms with Crippen LogP contribution in [0.3, 0.4) is 0 Å². The van der Waals surface area contributed by atoms with Crippen molar-refractivity contribution >= 4 is 45.4 Å². The van der Waals surface area contributed by atoms with Crippen LogP contribution in [0.4, 0.5) is 0 Å². The lowest BCUT2D eigenvalue weighted by Gasteiger charge is -2.20. The van der Waals surface area contributed by atoms with Gasteiger partial charge in [0.05, 0.1) is 41.2 Å². The summed E-state index contributed by atoms with van der Waals surface area (Å²) in [6, 6.07) is 0. The molecule has 0 heterocycles. The van der Waals surface area contributed by atoms with E-state index in [0.717, 1.165) is 14.0 Å². The molecule has 5 atom stereocenters. The van der Waals surface area contributed by atoms with Crippen molar-refractivity contribution in [1.82, 2.24) is 0 Å². The molecule has 1 N–H and O–H groups in total. The first-order chi connectivity index (χ1) is 19.5. The summed E-state index contributed by atoms with van der Waals surface area (Å²) in [5, 5.41) is 20.4. The number of carbonyl (C=O) groups is 6. The molecule has 0 rings (SSSR count). The van der Waals surface area contributed by atoms with Gasteiger partial charge >= 0.3 is 11.9 Å². The van der Waals surface area contributed by atoms with Crippen molar-refractivity contribution in [3.05, 3.63) is 0 Å². The topological polar surface area (TPSA) is 249 Å². The number of carbonyl (C=O) groups excluding carboxylic acids is 6. The van der Waals surface area contributed by atoms with Crippen molar-refractivity contribution < 1.29 is 75.6 Å². The molecular formula is C25H38O16S-2. The van der Waals surface area contributed by atoms with Gasteiger partial charge < -0.3 is 43.2 Å². The van der Waals surface area contributed by atoms with Gasteiger partial charge in [-0.25, -0.2) is 18.0 Å². The van der Waals surface area contributed by atoms with Gasteiger partial charge in [-0.2, -0.15) is 0 Å². The molecule has 0 aliphatic carbocycles. The third kappa shape index (κ3) is 18.6. The Hall–Kier alpha value is -2.83. The van der Waals surface area contributed by atoms with Gasteiger partial charge in [0.25, 0.3) is 0 Å². The summed E-state index contributed by atoms with van der Waals surface area (Å²) in [7, 11) is -3.68. The first-order valence-corrected chi connectivity index (χ1v) is 14.5. The molecule has 0 bridgehead atoms. The number of aliphatic carboxylic acids is 1. The van der Waals surface area contributed by atoms with E-state index in [0.29, 0.717) is 6.42 Å². The molecule has 17 heteroatoms. The Morgan fingerprint density at radius 3 is 1.79 bits per heavy atom. The van der Waals surface area contributed by atoms with Gasteiger partial charge in [0, 0.05) is 39.2 Å². The Balaban J connectivity index is 5.08. The molecule has 0 aromatic rings. The molecule has 16 nitrogen and oxygen atoms in total. The number of Topliss-reactive ketones (excluding diaryl/α,β-unsaturated/α-hetero) is 3. The smallest absolute Gasteiger partial charge is 0.335 e. The first-order valence-electron chi connectivity index (χ1n) is 13.0. The van der Waals surface area contributed by atoms with Crippen LogP contribution in [-0.2, 0) is 62.6 Å². The maximum Gasteiger partial charge on any atom is 0.335 e. The Bertz CT molecular complexity index is 1020. The zero-order chi connectivity index (χ0) is 32.5. The van der Waals surface area contributed by atoms with Crippen LogP contribution < -0.4 is 5.11 Å². The molecule has 0 aromatic heterocycles. The summed E-state index contributed by atoms with van der Waals surface area (Å²) >= 11 is 0. The largest absolute Gasteiger partial charge is 0.748 e. The summed E-state index contributed by atoms with van der Waals surface area (Å²) in [5.41, 5.74) is 0. The van der Waals surface area contributed by atoms with Gasteiger partial charge in [0.15, 0.2) is 12.2 Å². The minimum atomic E-state index is -4.78. The van der Waals surface area contributed by atoms with E-state index in [2.05, 4.69) is 4.74 Å². The lowest BCUT2D eigenvalue weighted by molar-refractivity contribution is -0.315. The average molecular weight is 627 g/mol. The molecule has 0 aliphatic rings. The van der Waals surface area contributed by atoms with E-state index in [1.165, 1.54) is 0 Å². The zero-order valence-corrected chi connectivity index (χ0v) is 24.8. The highest BCUT2D eigenvalue weighted by Crippen LogP contribution is 2.11. The second-order valence-electron chi connectivity index (χ2n) is 9.32. The number of ketones is 3. The summed E-state index contributed by atoms with van der Waals surface area (Å²) in [5.74, 6) is -6.39. The van der Waals surface area contributed by atoms with Gasteiger partial charge in [-0.3, -0.25) is 14.4 Å². The van der Waals surface area contributed by atoms with Crippen molar-refractivity contribution in [3.63, 3.8) is 0 Å². The third-order valence-corrected chi connectivity index (χ3v) is 6.27. The highest BCUT2D eigenvalue weighted by Gasteiger charge is 2.28. The number of aliphatic hydroxyl groups excluding tert-OH is 1. The summed E-state index contributed by atoms with van der Waals surface area (Å²) in [4.78, 5) is 71.8. The molecule has 0 saturated heterocycles. The molecule has 0 saturated carbocycles.